The summed E-state index contributed by atoms with van der Waals surface area (Å²) in [5, 5.41) is 19.0. The minimum absolute atomic E-state index is 0.204. The number of alkyl halides is 12. The van der Waals surface area contributed by atoms with Gasteiger partial charge in [-0.25, -0.2) is 0 Å². The molecule has 0 saturated heterocycles. The predicted molar refractivity (Wildman–Crippen MR) is 105 cm³/mol. The average molecular weight is 580 g/mol. The first-order valence-electron chi connectivity index (χ1n) is 8.84. The lowest BCUT2D eigenvalue weighted by Crippen LogP contribution is -2.53. The van der Waals surface area contributed by atoms with Crippen LogP contribution < -0.4 is 11.5 Å². The Morgan fingerprint density at radius 3 is 0.972 bits per heavy atom. The molecule has 2 aromatic rings. The molecule has 2 aromatic carbocycles. The fraction of sp³-hybridized carbons (Fsp3) is 0.333. The van der Waals surface area contributed by atoms with E-state index >= 15 is 0 Å². The molecule has 0 fully saturated rings. The molecule has 0 amide bonds. The van der Waals surface area contributed by atoms with E-state index in [1.54, 1.807) is 0 Å². The van der Waals surface area contributed by atoms with Crippen molar-refractivity contribution < 1.29 is 62.9 Å². The van der Waals surface area contributed by atoms with Crippen molar-refractivity contribution in [3.63, 3.8) is 0 Å². The Kier molecular flexibility index (Phi) is 7.75. The number of benzene rings is 2. The van der Waals surface area contributed by atoms with E-state index in [9.17, 15) is 62.9 Å². The maximum Gasteiger partial charge on any atom is 0.430 e. The molecule has 0 aromatic heterocycles. The molecule has 0 atom stereocenters. The molecule has 0 radical (unpaired) electrons. The van der Waals surface area contributed by atoms with Gasteiger partial charge in [0.05, 0.1) is 0 Å². The van der Waals surface area contributed by atoms with Crippen LogP contribution in [0, 0.1) is 0 Å². The maximum absolute atomic E-state index is 13.1. The molecule has 0 saturated carbocycles. The van der Waals surface area contributed by atoms with Gasteiger partial charge in [-0.15, -0.1) is 0 Å². The fourth-order valence-electron chi connectivity index (χ4n) is 2.73. The number of hydrogen-bond acceptors (Lipinski definition) is 6. The van der Waals surface area contributed by atoms with E-state index < -0.39 is 68.2 Å². The van der Waals surface area contributed by atoms with Crippen LogP contribution in [0.2, 0.25) is 0 Å². The van der Waals surface area contributed by atoms with Crippen LogP contribution in [0.4, 0.5) is 64.1 Å². The monoisotopic (exact) mass is 580 g/mol. The van der Waals surface area contributed by atoms with Crippen LogP contribution in [0.25, 0.3) is 0 Å². The van der Waals surface area contributed by atoms with Crippen molar-refractivity contribution in [2.45, 2.75) is 45.7 Å². The number of hydrogen-bond donors (Lipinski definition) is 4. The van der Waals surface area contributed by atoms with Gasteiger partial charge < -0.3 is 21.7 Å². The highest BCUT2D eigenvalue weighted by molar-refractivity contribution is 8.76. The molecular weight excluding hydrogens is 568 g/mol. The second kappa shape index (κ2) is 9.29. The van der Waals surface area contributed by atoms with Gasteiger partial charge in [-0.1, -0.05) is 33.7 Å². The van der Waals surface area contributed by atoms with Crippen LogP contribution in [-0.4, -0.2) is 34.9 Å². The summed E-state index contributed by atoms with van der Waals surface area (Å²) in [5.41, 5.74) is -3.89. The van der Waals surface area contributed by atoms with Crippen LogP contribution in [-0.2, 0) is 11.2 Å². The first kappa shape index (κ1) is 30.0. The molecule has 18 heteroatoms. The van der Waals surface area contributed by atoms with E-state index in [0.29, 0.717) is 12.1 Å². The molecule has 4 nitrogen and oxygen atoms in total. The Balaban J connectivity index is 2.52. The maximum atomic E-state index is 13.1. The highest BCUT2D eigenvalue weighted by Gasteiger charge is 2.72. The minimum atomic E-state index is -6.23. The van der Waals surface area contributed by atoms with E-state index in [2.05, 4.69) is 0 Å². The summed E-state index contributed by atoms with van der Waals surface area (Å²) < 4.78 is 158. The summed E-state index contributed by atoms with van der Waals surface area (Å²) >= 11 is 0. The summed E-state index contributed by atoms with van der Waals surface area (Å²) in [6.07, 6.45) is -24.9. The Morgan fingerprint density at radius 2 is 0.750 bits per heavy atom. The molecule has 0 heterocycles. The highest BCUT2D eigenvalue weighted by atomic mass is 33.1. The van der Waals surface area contributed by atoms with E-state index in [1.807, 2.05) is 0 Å². The smallest absolute Gasteiger partial charge is 0.398 e. The first-order chi connectivity index (χ1) is 16.0. The van der Waals surface area contributed by atoms with Crippen LogP contribution in [0.1, 0.15) is 11.1 Å². The van der Waals surface area contributed by atoms with Gasteiger partial charge in [-0.3, -0.25) is 0 Å². The normalized spacial score (nSPS) is 14.3. The van der Waals surface area contributed by atoms with Crippen molar-refractivity contribution in [1.29, 1.82) is 0 Å². The Labute approximate surface area is 201 Å². The van der Waals surface area contributed by atoms with Crippen molar-refractivity contribution in [2.24, 2.45) is 0 Å². The number of aliphatic hydroxyl groups is 2. The van der Waals surface area contributed by atoms with E-state index in [-0.39, 0.29) is 45.9 Å². The lowest BCUT2D eigenvalue weighted by Gasteiger charge is -2.33. The molecule has 36 heavy (non-hydrogen) atoms. The number of rotatable bonds is 5. The van der Waals surface area contributed by atoms with Gasteiger partial charge in [-0.05, 0) is 24.3 Å². The van der Waals surface area contributed by atoms with Gasteiger partial charge in [0.1, 0.15) is 0 Å². The topological polar surface area (TPSA) is 92.5 Å². The van der Waals surface area contributed by atoms with Gasteiger partial charge in [0.2, 0.25) is 0 Å². The zero-order chi connectivity index (χ0) is 28.1. The lowest BCUT2D eigenvalue weighted by molar-refractivity contribution is -0.376. The van der Waals surface area contributed by atoms with Crippen LogP contribution in [0.15, 0.2) is 46.2 Å². The molecule has 202 valence electrons. The molecule has 0 aliphatic heterocycles. The number of halogens is 12. The van der Waals surface area contributed by atoms with Crippen LogP contribution in [0.3, 0.4) is 0 Å². The summed E-state index contributed by atoms with van der Waals surface area (Å²) in [4.78, 5) is -1.15. The van der Waals surface area contributed by atoms with Crippen molar-refractivity contribution in [3.8, 4) is 0 Å². The molecule has 2 rings (SSSR count). The molecule has 0 spiro atoms. The standard InChI is InChI=1S/C18H12F12N2O2S2/c19-15(20,21)13(33,16(22,23)24)7-1-3-9(31)11(5-7)35-36-12-6-8(2-4-10(12)32)14(34,17(25,26)27)18(28,29)30/h1-6,33-34H,31-32H2. The molecule has 6 N–H and O–H groups in total. The summed E-state index contributed by atoms with van der Waals surface area (Å²) in [5.74, 6) is 0. The quantitative estimate of drug-likeness (QED) is 0.189. The Morgan fingerprint density at radius 1 is 0.500 bits per heavy atom. The van der Waals surface area contributed by atoms with Crippen molar-refractivity contribution >= 4 is 33.0 Å². The third-order valence-electron chi connectivity index (χ3n) is 4.72. The van der Waals surface area contributed by atoms with Crippen LogP contribution >= 0.6 is 21.6 Å². The third-order valence-corrected chi connectivity index (χ3v) is 7.20. The average Bonchev–Trinajstić information content (AvgIpc) is 2.69. The molecular formula is C18H12F12N2O2S2. The van der Waals surface area contributed by atoms with Crippen molar-refractivity contribution in [2.75, 3.05) is 11.5 Å². The van der Waals surface area contributed by atoms with E-state index in [4.69, 9.17) is 11.5 Å². The largest absolute Gasteiger partial charge is 0.430 e. The molecule has 0 aliphatic rings. The van der Waals surface area contributed by atoms with Gasteiger partial charge in [0, 0.05) is 32.3 Å². The second-order valence-corrected chi connectivity index (χ2v) is 9.30. The van der Waals surface area contributed by atoms with E-state index in [1.165, 1.54) is 0 Å². The van der Waals surface area contributed by atoms with Gasteiger partial charge >= 0.3 is 24.7 Å². The Bertz CT molecular complexity index is 998. The van der Waals surface area contributed by atoms with Gasteiger partial charge in [0.25, 0.3) is 11.2 Å². The number of nitrogens with two attached hydrogens (primary N) is 2. The first-order valence-corrected chi connectivity index (χ1v) is 11.0. The highest BCUT2D eigenvalue weighted by Crippen LogP contribution is 2.54. The minimum Gasteiger partial charge on any atom is -0.398 e. The summed E-state index contributed by atoms with van der Waals surface area (Å²) in [6, 6.07) is 2.05. The number of nitrogen functional groups attached to an aromatic ring is 2. The molecule has 0 bridgehead atoms. The zero-order valence-electron chi connectivity index (χ0n) is 16.9. The van der Waals surface area contributed by atoms with Crippen molar-refractivity contribution in [3.05, 3.63) is 47.5 Å². The number of anilines is 2. The third kappa shape index (κ3) is 5.12. The zero-order valence-corrected chi connectivity index (χ0v) is 18.5. The van der Waals surface area contributed by atoms with Gasteiger partial charge in [0.15, 0.2) is 0 Å². The Hall–Kier alpha value is -2.18. The SMILES string of the molecule is Nc1ccc(C(O)(C(F)(F)F)C(F)(F)F)cc1SSc1cc(C(O)(C(F)(F)F)C(F)(F)F)ccc1N. The van der Waals surface area contributed by atoms with E-state index in [0.717, 1.165) is 0 Å². The van der Waals surface area contributed by atoms with Crippen LogP contribution in [0.5, 0.6) is 0 Å². The van der Waals surface area contributed by atoms with Crippen molar-refractivity contribution in [1.82, 2.24) is 0 Å². The summed E-state index contributed by atoms with van der Waals surface area (Å²) in [6.45, 7) is 0. The second-order valence-electron chi connectivity index (χ2n) is 7.08. The van der Waals surface area contributed by atoms with Gasteiger partial charge in [-0.2, -0.15) is 52.7 Å². The predicted octanol–water partition coefficient (Wildman–Crippen LogP) is 6.27. The summed E-state index contributed by atoms with van der Waals surface area (Å²) in [7, 11) is 0.444. The molecule has 0 unspecified atom stereocenters. The fourth-order valence-corrected chi connectivity index (χ4v) is 4.99. The lowest BCUT2D eigenvalue weighted by atomic mass is 9.92. The molecule has 0 aliphatic carbocycles.